The third-order valence-corrected chi connectivity index (χ3v) is 7.42. The smallest absolute Gasteiger partial charge is 0.251 e. The van der Waals surface area contributed by atoms with E-state index in [-0.39, 0.29) is 16.9 Å². The zero-order valence-corrected chi connectivity index (χ0v) is 19.7. The molecule has 0 saturated carbocycles. The minimum absolute atomic E-state index is 0.0383. The lowest BCUT2D eigenvalue weighted by Gasteiger charge is -2.33. The van der Waals surface area contributed by atoms with E-state index in [9.17, 15) is 13.2 Å². The Kier molecular flexibility index (Phi) is 8.62. The number of ether oxygens (including phenoxy) is 1. The van der Waals surface area contributed by atoms with Gasteiger partial charge in [-0.05, 0) is 48.1 Å². The standard InChI is InChI=1S/C22H31N3O4S2/c1-17(2)15-25-11-12-29-19(16-25)14-23-22(26)18-5-7-21(8-6-18)31(27,28)24-10-9-20-4-3-13-30-20/h3-8,13,17,19,24H,9-12,14-16H2,1-2H3,(H,23,26). The first-order chi connectivity index (χ1) is 14.8. The second-order valence-electron chi connectivity index (χ2n) is 8.11. The number of nitrogens with one attached hydrogen (secondary N) is 2. The van der Waals surface area contributed by atoms with Crippen LogP contribution in [0.3, 0.4) is 0 Å². The molecule has 1 aliphatic heterocycles. The van der Waals surface area contributed by atoms with E-state index in [4.69, 9.17) is 4.74 Å². The number of hydrogen-bond donors (Lipinski definition) is 2. The molecule has 1 saturated heterocycles. The second-order valence-corrected chi connectivity index (χ2v) is 10.9. The highest BCUT2D eigenvalue weighted by Gasteiger charge is 2.22. The van der Waals surface area contributed by atoms with Crippen molar-refractivity contribution < 1.29 is 17.9 Å². The lowest BCUT2D eigenvalue weighted by Crippen LogP contribution is -2.48. The second kappa shape index (κ2) is 11.2. The fourth-order valence-corrected chi connectivity index (χ4v) is 5.27. The summed E-state index contributed by atoms with van der Waals surface area (Å²) < 4.78 is 33.3. The van der Waals surface area contributed by atoms with E-state index in [1.165, 1.54) is 24.3 Å². The maximum atomic E-state index is 12.5. The van der Waals surface area contributed by atoms with Gasteiger partial charge in [-0.25, -0.2) is 13.1 Å². The average Bonchev–Trinajstić information content (AvgIpc) is 3.25. The highest BCUT2D eigenvalue weighted by molar-refractivity contribution is 7.89. The van der Waals surface area contributed by atoms with Crippen LogP contribution in [0.5, 0.6) is 0 Å². The normalized spacial score (nSPS) is 17.7. The van der Waals surface area contributed by atoms with Gasteiger partial charge in [0.05, 0.1) is 17.6 Å². The van der Waals surface area contributed by atoms with Gasteiger partial charge < -0.3 is 10.1 Å². The average molecular weight is 466 g/mol. The van der Waals surface area contributed by atoms with Gasteiger partial charge >= 0.3 is 0 Å². The molecule has 0 aliphatic carbocycles. The van der Waals surface area contributed by atoms with Crippen molar-refractivity contribution >= 4 is 27.3 Å². The van der Waals surface area contributed by atoms with Gasteiger partial charge in [-0.3, -0.25) is 9.69 Å². The fraction of sp³-hybridized carbons (Fsp3) is 0.500. The van der Waals surface area contributed by atoms with Crippen LogP contribution < -0.4 is 10.0 Å². The molecular formula is C22H31N3O4S2. The van der Waals surface area contributed by atoms with Crippen LogP contribution >= 0.6 is 11.3 Å². The quantitative estimate of drug-likeness (QED) is 0.562. The van der Waals surface area contributed by atoms with Gasteiger partial charge in [-0.15, -0.1) is 11.3 Å². The molecule has 1 amide bonds. The zero-order chi connectivity index (χ0) is 22.3. The molecule has 0 bridgehead atoms. The topological polar surface area (TPSA) is 87.7 Å². The first-order valence-corrected chi connectivity index (χ1v) is 12.9. The van der Waals surface area contributed by atoms with E-state index >= 15 is 0 Å². The molecular weight excluding hydrogens is 434 g/mol. The number of morpholine rings is 1. The Morgan fingerprint density at radius 3 is 2.71 bits per heavy atom. The Morgan fingerprint density at radius 1 is 1.26 bits per heavy atom. The van der Waals surface area contributed by atoms with E-state index in [0.29, 0.717) is 37.6 Å². The number of thiophene rings is 1. The van der Waals surface area contributed by atoms with Gasteiger partial charge in [0, 0.05) is 43.2 Å². The Balaban J connectivity index is 1.48. The molecule has 31 heavy (non-hydrogen) atoms. The van der Waals surface area contributed by atoms with Crippen LogP contribution in [0.25, 0.3) is 0 Å². The van der Waals surface area contributed by atoms with E-state index < -0.39 is 10.0 Å². The highest BCUT2D eigenvalue weighted by Crippen LogP contribution is 2.13. The molecule has 1 aromatic heterocycles. The minimum atomic E-state index is -3.60. The molecule has 2 aromatic rings. The number of carbonyl (C=O) groups excluding carboxylic acids is 1. The molecule has 1 fully saturated rings. The molecule has 1 unspecified atom stereocenters. The van der Waals surface area contributed by atoms with E-state index in [0.717, 1.165) is 24.5 Å². The molecule has 7 nitrogen and oxygen atoms in total. The number of amides is 1. The monoisotopic (exact) mass is 465 g/mol. The summed E-state index contributed by atoms with van der Waals surface area (Å²) in [6, 6.07) is 9.92. The van der Waals surface area contributed by atoms with Crippen LogP contribution in [-0.2, 0) is 21.2 Å². The number of hydrogen-bond acceptors (Lipinski definition) is 6. The lowest BCUT2D eigenvalue weighted by atomic mass is 10.1. The van der Waals surface area contributed by atoms with Gasteiger partial charge in [0.15, 0.2) is 0 Å². The number of sulfonamides is 1. The SMILES string of the molecule is CC(C)CN1CCOC(CNC(=O)c2ccc(S(=O)(=O)NCCc3cccs3)cc2)C1. The third kappa shape index (κ3) is 7.40. The number of benzene rings is 1. The van der Waals surface area contributed by atoms with E-state index in [1.54, 1.807) is 11.3 Å². The van der Waals surface area contributed by atoms with Gasteiger partial charge in [-0.2, -0.15) is 0 Å². The third-order valence-electron chi connectivity index (χ3n) is 5.01. The highest BCUT2D eigenvalue weighted by atomic mass is 32.2. The van der Waals surface area contributed by atoms with Gasteiger partial charge in [0.2, 0.25) is 10.0 Å². The largest absolute Gasteiger partial charge is 0.374 e. The number of carbonyl (C=O) groups is 1. The Labute approximate surface area is 188 Å². The molecule has 0 spiro atoms. The van der Waals surface area contributed by atoms with Crippen molar-refractivity contribution in [3.8, 4) is 0 Å². The van der Waals surface area contributed by atoms with E-state index in [2.05, 4.69) is 28.8 Å². The summed E-state index contributed by atoms with van der Waals surface area (Å²) in [7, 11) is -3.60. The summed E-state index contributed by atoms with van der Waals surface area (Å²) in [5.74, 6) is 0.354. The molecule has 1 aromatic carbocycles. The minimum Gasteiger partial charge on any atom is -0.374 e. The van der Waals surface area contributed by atoms with Crippen molar-refractivity contribution in [1.82, 2.24) is 14.9 Å². The van der Waals surface area contributed by atoms with Crippen LogP contribution in [-0.4, -0.2) is 64.7 Å². The summed E-state index contributed by atoms with van der Waals surface area (Å²) >= 11 is 1.60. The summed E-state index contributed by atoms with van der Waals surface area (Å²) in [6.07, 6.45) is 0.610. The van der Waals surface area contributed by atoms with Crippen molar-refractivity contribution in [2.45, 2.75) is 31.3 Å². The molecule has 170 valence electrons. The number of rotatable bonds is 10. The molecule has 0 radical (unpaired) electrons. The van der Waals surface area contributed by atoms with Crippen molar-refractivity contribution in [2.75, 3.05) is 39.3 Å². The summed E-state index contributed by atoms with van der Waals surface area (Å²) in [5, 5.41) is 4.86. The summed E-state index contributed by atoms with van der Waals surface area (Å²) in [4.78, 5) is 16.1. The van der Waals surface area contributed by atoms with Gasteiger partial charge in [-0.1, -0.05) is 19.9 Å². The van der Waals surface area contributed by atoms with Crippen LogP contribution in [0.15, 0.2) is 46.7 Å². The fourth-order valence-electron chi connectivity index (χ4n) is 3.53. The Hall–Kier alpha value is -1.78. The summed E-state index contributed by atoms with van der Waals surface area (Å²) in [5.41, 5.74) is 0.424. The molecule has 1 atom stereocenters. The maximum absolute atomic E-state index is 12.5. The summed E-state index contributed by atoms with van der Waals surface area (Å²) in [6.45, 7) is 8.54. The maximum Gasteiger partial charge on any atom is 0.251 e. The van der Waals surface area contributed by atoms with Crippen molar-refractivity contribution in [1.29, 1.82) is 0 Å². The van der Waals surface area contributed by atoms with Crippen LogP contribution in [0.2, 0.25) is 0 Å². The Morgan fingerprint density at radius 2 is 2.03 bits per heavy atom. The molecule has 3 rings (SSSR count). The van der Waals surface area contributed by atoms with Crippen molar-refractivity contribution in [3.63, 3.8) is 0 Å². The van der Waals surface area contributed by atoms with Crippen LogP contribution in [0, 0.1) is 5.92 Å². The molecule has 2 N–H and O–H groups in total. The van der Waals surface area contributed by atoms with Crippen LogP contribution in [0.4, 0.5) is 0 Å². The van der Waals surface area contributed by atoms with Crippen molar-refractivity contribution in [2.24, 2.45) is 5.92 Å². The first kappa shape index (κ1) is 23.9. The predicted octanol–water partition coefficient (Wildman–Crippen LogP) is 2.36. The molecule has 1 aliphatic rings. The zero-order valence-electron chi connectivity index (χ0n) is 18.0. The molecule has 2 heterocycles. The van der Waals surface area contributed by atoms with Crippen LogP contribution in [0.1, 0.15) is 29.1 Å². The number of nitrogens with zero attached hydrogens (tertiary/aromatic N) is 1. The van der Waals surface area contributed by atoms with Crippen molar-refractivity contribution in [3.05, 3.63) is 52.2 Å². The lowest BCUT2D eigenvalue weighted by molar-refractivity contribution is -0.0295. The predicted molar refractivity (Wildman–Crippen MR) is 123 cm³/mol. The first-order valence-electron chi connectivity index (χ1n) is 10.6. The molecule has 9 heteroatoms. The Bertz CT molecular complexity index is 928. The van der Waals surface area contributed by atoms with Gasteiger partial charge in [0.1, 0.15) is 0 Å². The van der Waals surface area contributed by atoms with E-state index in [1.807, 2.05) is 17.5 Å². The van der Waals surface area contributed by atoms with Gasteiger partial charge in [0.25, 0.3) is 5.91 Å².